The normalized spacial score (nSPS) is 20.2. The molecule has 2 aromatic carbocycles. The van der Waals surface area contributed by atoms with Crippen molar-refractivity contribution in [3.05, 3.63) is 70.3 Å². The number of piperidine rings is 2. The van der Waals surface area contributed by atoms with Gasteiger partial charge in [0, 0.05) is 31.0 Å². The number of hydrogen-bond acceptors (Lipinski definition) is 9. The molecule has 2 heterocycles. The summed E-state index contributed by atoms with van der Waals surface area (Å²) in [5.41, 5.74) is 11.9. The molecule has 3 amide bonds. The van der Waals surface area contributed by atoms with Crippen LogP contribution >= 0.6 is 0 Å². The van der Waals surface area contributed by atoms with Crippen LogP contribution in [0.1, 0.15) is 110 Å². The van der Waals surface area contributed by atoms with Gasteiger partial charge in [-0.3, -0.25) is 14.9 Å². The summed E-state index contributed by atoms with van der Waals surface area (Å²) in [5.74, 6) is -0.317. The van der Waals surface area contributed by atoms with Crippen molar-refractivity contribution in [3.63, 3.8) is 0 Å². The first-order valence-electron chi connectivity index (χ1n) is 21.4. The minimum absolute atomic E-state index is 0.0123. The van der Waals surface area contributed by atoms with Crippen molar-refractivity contribution < 1.29 is 38.2 Å². The fourth-order valence-electron chi connectivity index (χ4n) is 7.02. The first-order valence-corrected chi connectivity index (χ1v) is 27.2. The monoisotopic (exact) mass is 869 g/mol. The lowest BCUT2D eigenvalue weighted by Crippen LogP contribution is -2.53. The summed E-state index contributed by atoms with van der Waals surface area (Å²) in [5, 5.41) is 23.0. The zero-order valence-corrected chi connectivity index (χ0v) is 41.1. The maximum absolute atomic E-state index is 13.6. The van der Waals surface area contributed by atoms with E-state index in [2.05, 4.69) is 79.6 Å². The van der Waals surface area contributed by atoms with E-state index in [0.717, 1.165) is 28.7 Å². The number of nitrogens with two attached hydrogens (primary N) is 1. The molecule has 0 saturated carbocycles. The maximum Gasteiger partial charge on any atom is 0.411 e. The molecule has 2 aliphatic rings. The molecule has 0 unspecified atom stereocenters. The van der Waals surface area contributed by atoms with Crippen molar-refractivity contribution in [3.8, 4) is 0 Å². The number of nitrogens with one attached hydrogen (secondary N) is 1. The highest BCUT2D eigenvalue weighted by atomic mass is 28.4. The van der Waals surface area contributed by atoms with Gasteiger partial charge in [-0.1, -0.05) is 54.2 Å². The highest BCUT2D eigenvalue weighted by Crippen LogP contribution is 2.40. The molecule has 336 valence electrons. The van der Waals surface area contributed by atoms with Gasteiger partial charge in [0.1, 0.15) is 6.61 Å². The van der Waals surface area contributed by atoms with E-state index in [4.69, 9.17) is 19.3 Å². The third-order valence-corrected chi connectivity index (χ3v) is 22.2. The number of carbonyl (C=O) groups is 3. The summed E-state index contributed by atoms with van der Waals surface area (Å²) >= 11 is 0. The maximum atomic E-state index is 13.6. The van der Waals surface area contributed by atoms with E-state index in [1.165, 1.54) is 6.08 Å². The predicted octanol–water partition coefficient (Wildman–Crippen LogP) is 8.90. The van der Waals surface area contributed by atoms with Crippen molar-refractivity contribution in [1.82, 2.24) is 9.80 Å². The topological polar surface area (TPSA) is 164 Å². The number of likely N-dealkylation sites (tertiary alicyclic amines) is 2. The van der Waals surface area contributed by atoms with Gasteiger partial charge in [-0.25, -0.2) is 4.79 Å². The quantitative estimate of drug-likeness (QED) is 0.0981. The van der Waals surface area contributed by atoms with Gasteiger partial charge in [0.25, 0.3) is 11.8 Å². The van der Waals surface area contributed by atoms with Crippen LogP contribution in [0.3, 0.4) is 0 Å². The third-order valence-electron chi connectivity index (χ3n) is 13.1. The number of amides is 3. The van der Waals surface area contributed by atoms with Gasteiger partial charge >= 0.3 is 6.09 Å². The number of carbonyl (C=O) groups excluding carboxylic acids is 3. The molecule has 0 aromatic heterocycles. The fraction of sp³-hybridized carbons (Fsp3) is 0.630. The number of aryl methyl sites for hydroxylation is 4. The van der Waals surface area contributed by atoms with E-state index in [1.54, 1.807) is 21.9 Å². The number of aliphatic hydroxyl groups excluding tert-OH is 2. The zero-order valence-electron chi connectivity index (χ0n) is 39.1. The van der Waals surface area contributed by atoms with E-state index in [9.17, 15) is 24.6 Å². The second kappa shape index (κ2) is 20.6. The van der Waals surface area contributed by atoms with Crippen LogP contribution in [0.15, 0.2) is 36.9 Å². The van der Waals surface area contributed by atoms with Gasteiger partial charge < -0.3 is 39.3 Å². The average molecular weight is 869 g/mol. The lowest BCUT2D eigenvalue weighted by Gasteiger charge is -2.44. The Morgan fingerprint density at radius 3 is 1.57 bits per heavy atom. The van der Waals surface area contributed by atoms with Crippen LogP contribution in [0.25, 0.3) is 0 Å². The van der Waals surface area contributed by atoms with Crippen LogP contribution in [0.4, 0.5) is 16.2 Å². The molecule has 0 bridgehead atoms. The van der Waals surface area contributed by atoms with Crippen LogP contribution in [0.5, 0.6) is 0 Å². The molecule has 60 heavy (non-hydrogen) atoms. The van der Waals surface area contributed by atoms with E-state index < -0.39 is 22.7 Å². The van der Waals surface area contributed by atoms with E-state index >= 15 is 0 Å². The number of ether oxygens (including phenoxy) is 1. The van der Waals surface area contributed by atoms with Gasteiger partial charge in [0.2, 0.25) is 0 Å². The van der Waals surface area contributed by atoms with Crippen LogP contribution in [-0.2, 0) is 13.6 Å². The van der Waals surface area contributed by atoms with E-state index in [0.29, 0.717) is 54.9 Å². The van der Waals surface area contributed by atoms with Gasteiger partial charge in [-0.2, -0.15) is 0 Å². The van der Waals surface area contributed by atoms with Crippen molar-refractivity contribution in [1.29, 1.82) is 0 Å². The van der Waals surface area contributed by atoms with Gasteiger partial charge in [-0.05, 0) is 136 Å². The molecule has 4 atom stereocenters. The third kappa shape index (κ3) is 12.8. The predicted molar refractivity (Wildman–Crippen MR) is 248 cm³/mol. The van der Waals surface area contributed by atoms with Crippen molar-refractivity contribution >= 4 is 45.9 Å². The number of nitrogens with zero attached hydrogens (tertiary/aromatic N) is 2. The molecular formula is C46H76N4O8Si2. The smallest absolute Gasteiger partial charge is 0.411 e. The second-order valence-corrected chi connectivity index (χ2v) is 29.2. The highest BCUT2D eigenvalue weighted by Gasteiger charge is 2.43. The number of rotatable bonds is 11. The molecule has 2 aliphatic heterocycles. The summed E-state index contributed by atoms with van der Waals surface area (Å²) in [4.78, 5) is 42.3. The first-order chi connectivity index (χ1) is 27.7. The lowest BCUT2D eigenvalue weighted by molar-refractivity contribution is 0.0197. The average Bonchev–Trinajstić information content (AvgIpc) is 3.15. The Bertz CT molecular complexity index is 1840. The highest BCUT2D eigenvalue weighted by molar-refractivity contribution is 6.74. The molecule has 2 saturated heterocycles. The minimum atomic E-state index is -1.95. The minimum Gasteiger partial charge on any atom is -0.445 e. The number of nitrogen functional groups attached to an aromatic ring is 1. The molecule has 2 fully saturated rings. The van der Waals surface area contributed by atoms with Gasteiger partial charge in [-0.15, -0.1) is 0 Å². The Morgan fingerprint density at radius 2 is 1.15 bits per heavy atom. The lowest BCUT2D eigenvalue weighted by atomic mass is 9.97. The summed E-state index contributed by atoms with van der Waals surface area (Å²) in [6, 6.07) is 6.70. The number of anilines is 2. The van der Waals surface area contributed by atoms with Crippen LogP contribution < -0.4 is 11.1 Å². The van der Waals surface area contributed by atoms with Gasteiger partial charge in [0.15, 0.2) is 16.6 Å². The zero-order chi connectivity index (χ0) is 45.5. The van der Waals surface area contributed by atoms with Crippen LogP contribution in [0.2, 0.25) is 36.3 Å². The summed E-state index contributed by atoms with van der Waals surface area (Å²) in [6.45, 7) is 34.5. The van der Waals surface area contributed by atoms with Crippen molar-refractivity contribution in [2.45, 2.75) is 155 Å². The second-order valence-electron chi connectivity index (χ2n) is 19.7. The van der Waals surface area contributed by atoms with Crippen LogP contribution in [0, 0.1) is 27.7 Å². The molecular weight excluding hydrogens is 793 g/mol. The Hall–Kier alpha value is -3.54. The van der Waals surface area contributed by atoms with E-state index in [1.807, 2.05) is 39.8 Å². The Kier molecular flexibility index (Phi) is 17.4. The Balaban J connectivity index is 0.000000327. The molecule has 0 spiro atoms. The SMILES string of the molecule is C=CCOC(=O)Nc1cc(C)c(C)cc1C(=O)N1CC[C@@H](O[Si](C)(C)C(C)(C)C)C[C@H]1CO.Cc1cc(N)c(C(=O)N2CC[C@@H](O[Si](C)(C)C(C)(C)C)C[C@H]2CO)cc1C. The molecule has 0 radical (unpaired) electrons. The largest absolute Gasteiger partial charge is 0.445 e. The number of benzene rings is 2. The molecule has 12 nitrogen and oxygen atoms in total. The molecule has 2 aromatic rings. The first kappa shape index (κ1) is 50.8. The number of aliphatic hydroxyl groups is 2. The standard InChI is InChI=1S/C25H40N2O5Si.C21H36N2O3Si/c1-9-12-31-24(30)26-22-14-18(3)17(2)13-21(22)23(29)27-11-10-20(15-19(27)16-28)32-33(7,8)25(4,5)6;1-14-10-18(19(22)11-15(14)2)20(25)23-9-8-17(12-16(23)13-24)26-27(6,7)21(3,4)5/h9,13-14,19-20,28H,1,10-12,15-16H2,2-8H3,(H,26,30);10-11,16-17,24H,8-9,12-13,22H2,1-7H3/t19-,20+;16-,17+/m00/s1. The van der Waals surface area contributed by atoms with E-state index in [-0.39, 0.29) is 66.0 Å². The van der Waals surface area contributed by atoms with Gasteiger partial charge in [0.05, 0.1) is 42.1 Å². The number of hydrogen-bond donors (Lipinski definition) is 4. The molecule has 0 aliphatic carbocycles. The van der Waals surface area contributed by atoms with Crippen LogP contribution in [-0.4, -0.2) is 112 Å². The Morgan fingerprint density at radius 1 is 0.750 bits per heavy atom. The fourth-order valence-corrected chi connectivity index (χ4v) is 9.82. The molecule has 5 N–H and O–H groups in total. The molecule has 4 rings (SSSR count). The van der Waals surface area contributed by atoms with Crippen molar-refractivity contribution in [2.75, 3.05) is 44.0 Å². The molecule has 14 heteroatoms. The summed E-state index contributed by atoms with van der Waals surface area (Å²) in [7, 11) is -3.83. The summed E-state index contributed by atoms with van der Waals surface area (Å²) < 4.78 is 18.1. The van der Waals surface area contributed by atoms with Crippen molar-refractivity contribution in [2.24, 2.45) is 0 Å². The summed E-state index contributed by atoms with van der Waals surface area (Å²) in [6.07, 6.45) is 3.69. The Labute approximate surface area is 362 Å².